The molecule has 0 aromatic carbocycles. The Bertz CT molecular complexity index is 278. The number of carbonyl (C=O) groups excluding carboxylic acids is 2. The van der Waals surface area contributed by atoms with Gasteiger partial charge in [0.25, 0.3) is 0 Å². The number of aliphatic hydroxyl groups excluding tert-OH is 1. The van der Waals surface area contributed by atoms with Crippen molar-refractivity contribution in [1.82, 2.24) is 5.32 Å². The molecule has 2 N–H and O–H groups in total. The number of fused-ring (bicyclic) bond motifs is 1. The van der Waals surface area contributed by atoms with Crippen molar-refractivity contribution in [3.63, 3.8) is 0 Å². The molecule has 0 spiro atoms. The fraction of sp³-hybridized carbons (Fsp3) is 0.778. The number of hydrogen-bond donors (Lipinski definition) is 2. The SMILES string of the molecule is O=C1NCCC2(CO)C(=O)OCCC12. The lowest BCUT2D eigenvalue weighted by Crippen LogP contribution is -2.58. The Labute approximate surface area is 81.4 Å². The predicted octanol–water partition coefficient (Wildman–Crippen LogP) is -0.952. The molecule has 2 unspecified atom stereocenters. The lowest BCUT2D eigenvalue weighted by atomic mass is 9.68. The number of aliphatic hydroxyl groups is 1. The van der Waals surface area contributed by atoms with Crippen LogP contribution in [0.2, 0.25) is 0 Å². The molecule has 2 atom stereocenters. The van der Waals surface area contributed by atoms with Crippen molar-refractivity contribution in [3.05, 3.63) is 0 Å². The van der Waals surface area contributed by atoms with Crippen molar-refractivity contribution >= 4 is 11.9 Å². The van der Waals surface area contributed by atoms with E-state index in [4.69, 9.17) is 4.74 Å². The van der Waals surface area contributed by atoms with Crippen LogP contribution >= 0.6 is 0 Å². The number of esters is 1. The second-order valence-electron chi connectivity index (χ2n) is 3.83. The van der Waals surface area contributed by atoms with Crippen molar-refractivity contribution < 1.29 is 19.4 Å². The van der Waals surface area contributed by atoms with Gasteiger partial charge in [0, 0.05) is 6.54 Å². The Kier molecular flexibility index (Phi) is 2.19. The highest BCUT2D eigenvalue weighted by atomic mass is 16.5. The first-order valence-corrected chi connectivity index (χ1v) is 4.76. The summed E-state index contributed by atoms with van der Waals surface area (Å²) in [6.45, 7) is 0.410. The third kappa shape index (κ3) is 1.12. The van der Waals surface area contributed by atoms with Crippen LogP contribution in [0.3, 0.4) is 0 Å². The number of piperidine rings is 1. The number of hydrogen-bond acceptors (Lipinski definition) is 4. The van der Waals surface area contributed by atoms with E-state index in [1.807, 2.05) is 0 Å². The molecule has 1 amide bonds. The summed E-state index contributed by atoms with van der Waals surface area (Å²) in [6.07, 6.45) is 0.983. The third-order valence-corrected chi connectivity index (χ3v) is 3.18. The Morgan fingerprint density at radius 2 is 2.36 bits per heavy atom. The molecule has 0 bridgehead atoms. The zero-order chi connectivity index (χ0) is 10.2. The van der Waals surface area contributed by atoms with Crippen LogP contribution in [0.15, 0.2) is 0 Å². The second-order valence-corrected chi connectivity index (χ2v) is 3.83. The van der Waals surface area contributed by atoms with Gasteiger partial charge in [0.2, 0.25) is 5.91 Å². The quantitative estimate of drug-likeness (QED) is 0.534. The van der Waals surface area contributed by atoms with Gasteiger partial charge in [-0.3, -0.25) is 9.59 Å². The summed E-state index contributed by atoms with van der Waals surface area (Å²) in [6, 6.07) is 0. The number of cyclic esters (lactones) is 1. The molecule has 14 heavy (non-hydrogen) atoms. The van der Waals surface area contributed by atoms with Crippen LogP contribution < -0.4 is 5.32 Å². The monoisotopic (exact) mass is 199 g/mol. The van der Waals surface area contributed by atoms with Crippen LogP contribution in [-0.4, -0.2) is 36.7 Å². The Balaban J connectivity index is 2.33. The molecule has 0 aliphatic carbocycles. The molecule has 0 aromatic rings. The van der Waals surface area contributed by atoms with Crippen molar-refractivity contribution in [2.24, 2.45) is 11.3 Å². The molecule has 2 heterocycles. The van der Waals surface area contributed by atoms with Gasteiger partial charge < -0.3 is 15.2 Å². The van der Waals surface area contributed by atoms with Gasteiger partial charge in [-0.2, -0.15) is 0 Å². The fourth-order valence-electron chi connectivity index (χ4n) is 2.28. The molecule has 2 rings (SSSR count). The van der Waals surface area contributed by atoms with Gasteiger partial charge >= 0.3 is 5.97 Å². The Hall–Kier alpha value is -1.10. The second kappa shape index (κ2) is 3.24. The standard InChI is InChI=1S/C9H13NO4/c11-5-9-2-3-10-7(12)6(9)1-4-14-8(9)13/h6,11H,1-5H2,(H,10,12). The Morgan fingerprint density at radius 1 is 1.57 bits per heavy atom. The number of carbonyl (C=O) groups is 2. The van der Waals surface area contributed by atoms with Gasteiger partial charge in [0.1, 0.15) is 5.41 Å². The molecule has 2 saturated heterocycles. The van der Waals surface area contributed by atoms with Crippen LogP contribution in [0.5, 0.6) is 0 Å². The van der Waals surface area contributed by atoms with E-state index in [1.165, 1.54) is 0 Å². The summed E-state index contributed by atoms with van der Waals surface area (Å²) in [7, 11) is 0. The van der Waals surface area contributed by atoms with Crippen LogP contribution in [0, 0.1) is 11.3 Å². The van der Waals surface area contributed by atoms with Crippen molar-refractivity contribution in [2.75, 3.05) is 19.8 Å². The topological polar surface area (TPSA) is 75.6 Å². The zero-order valence-electron chi connectivity index (χ0n) is 7.78. The zero-order valence-corrected chi connectivity index (χ0v) is 7.78. The van der Waals surface area contributed by atoms with E-state index >= 15 is 0 Å². The van der Waals surface area contributed by atoms with Crippen molar-refractivity contribution in [1.29, 1.82) is 0 Å². The highest BCUT2D eigenvalue weighted by molar-refractivity contribution is 5.90. The van der Waals surface area contributed by atoms with E-state index in [2.05, 4.69) is 5.32 Å². The van der Waals surface area contributed by atoms with Crippen molar-refractivity contribution in [2.45, 2.75) is 12.8 Å². The van der Waals surface area contributed by atoms with Gasteiger partial charge in [0.05, 0.1) is 19.1 Å². The maximum atomic E-state index is 11.6. The molecule has 2 fully saturated rings. The Morgan fingerprint density at radius 3 is 3.00 bits per heavy atom. The van der Waals surface area contributed by atoms with E-state index in [-0.39, 0.29) is 19.1 Å². The molecule has 0 saturated carbocycles. The molecule has 78 valence electrons. The average molecular weight is 199 g/mol. The summed E-state index contributed by atoms with van der Waals surface area (Å²) in [5.74, 6) is -0.976. The summed E-state index contributed by atoms with van der Waals surface area (Å²) in [5.41, 5.74) is -0.972. The first kappa shape index (κ1) is 9.45. The van der Waals surface area contributed by atoms with Crippen molar-refractivity contribution in [3.8, 4) is 0 Å². The van der Waals surface area contributed by atoms with Gasteiger partial charge in [-0.25, -0.2) is 0 Å². The lowest BCUT2D eigenvalue weighted by Gasteiger charge is -2.42. The third-order valence-electron chi connectivity index (χ3n) is 3.18. The molecule has 5 nitrogen and oxygen atoms in total. The summed E-state index contributed by atoms with van der Waals surface area (Å²) in [4.78, 5) is 23.1. The minimum absolute atomic E-state index is 0.137. The number of nitrogens with one attached hydrogen (secondary N) is 1. The lowest BCUT2D eigenvalue weighted by molar-refractivity contribution is -0.179. The number of amides is 1. The molecule has 0 aromatic heterocycles. The van der Waals surface area contributed by atoms with E-state index in [1.54, 1.807) is 0 Å². The van der Waals surface area contributed by atoms with Crippen LogP contribution in [-0.2, 0) is 14.3 Å². The first-order chi connectivity index (χ1) is 6.70. The summed E-state index contributed by atoms with van der Waals surface area (Å²) < 4.78 is 4.91. The molecular weight excluding hydrogens is 186 g/mol. The maximum Gasteiger partial charge on any atom is 0.315 e. The molecule has 5 heteroatoms. The first-order valence-electron chi connectivity index (χ1n) is 4.76. The van der Waals surface area contributed by atoms with E-state index in [0.717, 1.165) is 0 Å². The van der Waals surface area contributed by atoms with Gasteiger partial charge in [-0.05, 0) is 12.8 Å². The van der Waals surface area contributed by atoms with E-state index in [0.29, 0.717) is 19.4 Å². The molecular formula is C9H13NO4. The fourth-order valence-corrected chi connectivity index (χ4v) is 2.28. The minimum Gasteiger partial charge on any atom is -0.465 e. The van der Waals surface area contributed by atoms with Crippen LogP contribution in [0.1, 0.15) is 12.8 Å². The molecule has 2 aliphatic rings. The largest absolute Gasteiger partial charge is 0.465 e. The normalized spacial score (nSPS) is 37.1. The highest BCUT2D eigenvalue weighted by Gasteiger charge is 2.53. The summed E-state index contributed by atoms with van der Waals surface area (Å²) >= 11 is 0. The van der Waals surface area contributed by atoms with Gasteiger partial charge in [-0.15, -0.1) is 0 Å². The molecule has 0 radical (unpaired) electrons. The average Bonchev–Trinajstić information content (AvgIpc) is 2.20. The highest BCUT2D eigenvalue weighted by Crippen LogP contribution is 2.40. The minimum atomic E-state index is -0.972. The predicted molar refractivity (Wildman–Crippen MR) is 46.2 cm³/mol. The smallest absolute Gasteiger partial charge is 0.315 e. The van der Waals surface area contributed by atoms with Gasteiger partial charge in [0.15, 0.2) is 0 Å². The summed E-state index contributed by atoms with van der Waals surface area (Å²) in [5, 5.41) is 12.0. The van der Waals surface area contributed by atoms with E-state index in [9.17, 15) is 14.7 Å². The van der Waals surface area contributed by atoms with Crippen LogP contribution in [0.4, 0.5) is 0 Å². The van der Waals surface area contributed by atoms with E-state index < -0.39 is 17.3 Å². The van der Waals surface area contributed by atoms with Crippen LogP contribution in [0.25, 0.3) is 0 Å². The van der Waals surface area contributed by atoms with Gasteiger partial charge in [-0.1, -0.05) is 0 Å². The number of rotatable bonds is 1. The maximum absolute atomic E-state index is 11.6. The number of ether oxygens (including phenoxy) is 1. The molecule has 2 aliphatic heterocycles.